The molecule has 2 amide bonds. The standard InChI is InChI=1S/C24H24ClN3O4S/c1-3-28(19-8-6-5-7-9-19)24(30)20-12-11-18(15-21(20)25)27-22(29)14-17-10-13-23(26-16-17)33(31,32)4-2/h5-13,15-16H,3-4,14H2,1-2H3,(H,27,29). The number of benzene rings is 2. The van der Waals surface area contributed by atoms with Gasteiger partial charge >= 0.3 is 0 Å². The molecule has 0 bridgehead atoms. The Morgan fingerprint density at radius 2 is 1.76 bits per heavy atom. The molecule has 33 heavy (non-hydrogen) atoms. The molecular weight excluding hydrogens is 462 g/mol. The van der Waals surface area contributed by atoms with Gasteiger partial charge in [-0.3, -0.25) is 9.59 Å². The number of carbonyl (C=O) groups excluding carboxylic acids is 2. The second-order valence-electron chi connectivity index (χ2n) is 7.21. The molecule has 0 saturated heterocycles. The number of carbonyl (C=O) groups is 2. The highest BCUT2D eigenvalue weighted by Gasteiger charge is 2.19. The van der Waals surface area contributed by atoms with E-state index in [1.807, 2.05) is 37.3 Å². The Morgan fingerprint density at radius 1 is 1.03 bits per heavy atom. The van der Waals surface area contributed by atoms with E-state index in [1.54, 1.807) is 30.0 Å². The summed E-state index contributed by atoms with van der Waals surface area (Å²) in [7, 11) is -3.39. The van der Waals surface area contributed by atoms with Crippen LogP contribution >= 0.6 is 11.6 Å². The molecule has 0 atom stereocenters. The average Bonchev–Trinajstić information content (AvgIpc) is 2.80. The molecule has 1 N–H and O–H groups in total. The smallest absolute Gasteiger partial charge is 0.259 e. The molecule has 1 heterocycles. The molecule has 172 valence electrons. The molecule has 0 spiro atoms. The Hall–Kier alpha value is -3.23. The maximum absolute atomic E-state index is 13.0. The van der Waals surface area contributed by atoms with Crippen LogP contribution < -0.4 is 10.2 Å². The van der Waals surface area contributed by atoms with E-state index in [-0.39, 0.29) is 34.0 Å². The maximum atomic E-state index is 13.0. The van der Waals surface area contributed by atoms with E-state index < -0.39 is 9.84 Å². The monoisotopic (exact) mass is 485 g/mol. The number of amides is 2. The number of para-hydroxylation sites is 1. The van der Waals surface area contributed by atoms with E-state index in [2.05, 4.69) is 10.3 Å². The van der Waals surface area contributed by atoms with E-state index in [0.29, 0.717) is 23.4 Å². The van der Waals surface area contributed by atoms with E-state index in [9.17, 15) is 18.0 Å². The van der Waals surface area contributed by atoms with Gasteiger partial charge in [-0.2, -0.15) is 0 Å². The summed E-state index contributed by atoms with van der Waals surface area (Å²) in [6, 6.07) is 17.0. The Kier molecular flexibility index (Phi) is 7.84. The second-order valence-corrected chi connectivity index (χ2v) is 9.84. The number of anilines is 2. The number of pyridine rings is 1. The molecule has 3 rings (SSSR count). The molecule has 2 aromatic carbocycles. The molecule has 0 radical (unpaired) electrons. The average molecular weight is 486 g/mol. The first kappa shape index (κ1) is 24.4. The van der Waals surface area contributed by atoms with Gasteiger partial charge in [-0.25, -0.2) is 13.4 Å². The Labute approximate surface area is 198 Å². The topological polar surface area (TPSA) is 96.4 Å². The number of aromatic nitrogens is 1. The lowest BCUT2D eigenvalue weighted by molar-refractivity contribution is -0.115. The summed E-state index contributed by atoms with van der Waals surface area (Å²) >= 11 is 6.36. The highest BCUT2D eigenvalue weighted by Crippen LogP contribution is 2.25. The molecule has 0 aliphatic heterocycles. The Balaban J connectivity index is 1.68. The lowest BCUT2D eigenvalue weighted by atomic mass is 10.1. The predicted octanol–water partition coefficient (Wildman–Crippen LogP) is 4.38. The zero-order valence-electron chi connectivity index (χ0n) is 18.3. The summed E-state index contributed by atoms with van der Waals surface area (Å²) in [5, 5.41) is 2.94. The number of halogens is 1. The van der Waals surface area contributed by atoms with E-state index in [0.717, 1.165) is 5.69 Å². The first-order chi connectivity index (χ1) is 15.7. The largest absolute Gasteiger partial charge is 0.326 e. The van der Waals surface area contributed by atoms with E-state index >= 15 is 0 Å². The number of rotatable bonds is 8. The fourth-order valence-electron chi connectivity index (χ4n) is 3.20. The summed E-state index contributed by atoms with van der Waals surface area (Å²) in [6.07, 6.45) is 1.38. The first-order valence-corrected chi connectivity index (χ1v) is 12.4. The first-order valence-electron chi connectivity index (χ1n) is 10.4. The van der Waals surface area contributed by atoms with Gasteiger partial charge in [-0.15, -0.1) is 0 Å². The van der Waals surface area contributed by atoms with Crippen molar-refractivity contribution in [1.82, 2.24) is 4.98 Å². The highest BCUT2D eigenvalue weighted by atomic mass is 35.5. The minimum absolute atomic E-state index is 0.00930. The van der Waals surface area contributed by atoms with Crippen molar-refractivity contribution in [1.29, 1.82) is 0 Å². The summed E-state index contributed by atoms with van der Waals surface area (Å²) in [5.74, 6) is -0.599. The Morgan fingerprint density at radius 3 is 2.33 bits per heavy atom. The zero-order chi connectivity index (χ0) is 24.0. The van der Waals surface area contributed by atoms with Crippen molar-refractivity contribution in [2.75, 3.05) is 22.5 Å². The number of hydrogen-bond donors (Lipinski definition) is 1. The van der Waals surface area contributed by atoms with Gasteiger partial charge in [0.2, 0.25) is 5.91 Å². The van der Waals surface area contributed by atoms with Crippen LogP contribution in [0, 0.1) is 0 Å². The van der Waals surface area contributed by atoms with Gasteiger partial charge in [0.05, 0.1) is 22.8 Å². The zero-order valence-corrected chi connectivity index (χ0v) is 19.9. The van der Waals surface area contributed by atoms with Crippen LogP contribution in [0.1, 0.15) is 29.8 Å². The summed E-state index contributed by atoms with van der Waals surface area (Å²) in [5.41, 5.74) is 2.12. The van der Waals surface area contributed by atoms with E-state index in [4.69, 9.17) is 11.6 Å². The fourth-order valence-corrected chi connectivity index (χ4v) is 4.25. The third kappa shape index (κ3) is 5.97. The molecule has 0 saturated carbocycles. The predicted molar refractivity (Wildman–Crippen MR) is 130 cm³/mol. The quantitative estimate of drug-likeness (QED) is 0.510. The van der Waals surface area contributed by atoms with Gasteiger partial charge in [0.15, 0.2) is 14.9 Å². The fraction of sp³-hybridized carbons (Fsp3) is 0.208. The SMILES string of the molecule is CCN(C(=O)c1ccc(NC(=O)Cc2ccc(S(=O)(=O)CC)nc2)cc1Cl)c1ccccc1. The summed E-state index contributed by atoms with van der Waals surface area (Å²) in [6.45, 7) is 3.90. The van der Waals surface area contributed by atoms with Crippen LogP contribution in [0.4, 0.5) is 11.4 Å². The number of nitrogens with one attached hydrogen (secondary N) is 1. The number of nitrogens with zero attached hydrogens (tertiary/aromatic N) is 2. The van der Waals surface area contributed by atoms with Crippen LogP contribution in [-0.2, 0) is 21.1 Å². The molecule has 3 aromatic rings. The summed E-state index contributed by atoms with van der Waals surface area (Å²) < 4.78 is 23.7. The maximum Gasteiger partial charge on any atom is 0.259 e. The van der Waals surface area contributed by atoms with Gasteiger partial charge in [0.25, 0.3) is 5.91 Å². The van der Waals surface area contributed by atoms with Crippen LogP contribution in [0.15, 0.2) is 71.9 Å². The van der Waals surface area contributed by atoms with Crippen LogP contribution in [0.25, 0.3) is 0 Å². The van der Waals surface area contributed by atoms with E-state index in [1.165, 1.54) is 18.3 Å². The van der Waals surface area contributed by atoms with Gasteiger partial charge in [0.1, 0.15) is 0 Å². The third-order valence-corrected chi connectivity index (χ3v) is 6.93. The normalized spacial score (nSPS) is 11.1. The Bertz CT molecular complexity index is 1250. The molecule has 0 fully saturated rings. The van der Waals surface area contributed by atoms with Crippen LogP contribution in [0.2, 0.25) is 5.02 Å². The lowest BCUT2D eigenvalue weighted by Gasteiger charge is -2.21. The molecule has 0 unspecified atom stereocenters. The minimum Gasteiger partial charge on any atom is -0.326 e. The highest BCUT2D eigenvalue weighted by molar-refractivity contribution is 7.91. The molecule has 7 nitrogen and oxygen atoms in total. The molecule has 0 aliphatic carbocycles. The van der Waals surface area contributed by atoms with Crippen molar-refractivity contribution in [3.8, 4) is 0 Å². The molecular formula is C24H24ClN3O4S. The van der Waals surface area contributed by atoms with Crippen molar-refractivity contribution in [3.63, 3.8) is 0 Å². The molecule has 9 heteroatoms. The number of hydrogen-bond acceptors (Lipinski definition) is 5. The van der Waals surface area contributed by atoms with Crippen molar-refractivity contribution in [2.24, 2.45) is 0 Å². The minimum atomic E-state index is -3.39. The second kappa shape index (κ2) is 10.6. The summed E-state index contributed by atoms with van der Waals surface area (Å²) in [4.78, 5) is 31.0. The van der Waals surface area contributed by atoms with Crippen molar-refractivity contribution in [2.45, 2.75) is 25.3 Å². The molecule has 1 aromatic heterocycles. The van der Waals surface area contributed by atoms with Gasteiger partial charge < -0.3 is 10.2 Å². The van der Waals surface area contributed by atoms with Crippen molar-refractivity contribution < 1.29 is 18.0 Å². The third-order valence-electron chi connectivity index (χ3n) is 4.97. The van der Waals surface area contributed by atoms with Gasteiger partial charge in [-0.1, -0.05) is 42.8 Å². The van der Waals surface area contributed by atoms with Gasteiger partial charge in [0, 0.05) is 24.1 Å². The van der Waals surface area contributed by atoms with Crippen LogP contribution in [0.5, 0.6) is 0 Å². The lowest BCUT2D eigenvalue weighted by Crippen LogP contribution is -2.30. The number of sulfone groups is 1. The van der Waals surface area contributed by atoms with Crippen molar-refractivity contribution in [3.05, 3.63) is 83.0 Å². The van der Waals surface area contributed by atoms with Crippen LogP contribution in [0.3, 0.4) is 0 Å². The van der Waals surface area contributed by atoms with Crippen molar-refractivity contribution >= 4 is 44.6 Å². The van der Waals surface area contributed by atoms with Gasteiger partial charge in [-0.05, 0) is 48.9 Å². The van der Waals surface area contributed by atoms with Crippen LogP contribution in [-0.4, -0.2) is 37.5 Å². The molecule has 0 aliphatic rings.